The molecule has 2 aromatic carbocycles. The van der Waals surface area contributed by atoms with Gasteiger partial charge in [-0.3, -0.25) is 19.7 Å². The van der Waals surface area contributed by atoms with Gasteiger partial charge in [-0.25, -0.2) is 9.88 Å². The Balaban J connectivity index is 1.55. The minimum atomic E-state index is -0.608. The van der Waals surface area contributed by atoms with Gasteiger partial charge in [-0.05, 0) is 65.1 Å². The number of rotatable bonds is 5. The summed E-state index contributed by atoms with van der Waals surface area (Å²) in [6, 6.07) is 13.5. The molecule has 0 atom stereocenters. The maximum atomic E-state index is 12.9. The first-order valence-electron chi connectivity index (χ1n) is 8.56. The Kier molecular flexibility index (Phi) is 5.84. The molecule has 1 aliphatic rings. The number of carbonyl (C=O) groups excluding carboxylic acids is 3. The summed E-state index contributed by atoms with van der Waals surface area (Å²) in [4.78, 5) is 42.9. The van der Waals surface area contributed by atoms with Gasteiger partial charge in [-0.15, -0.1) is 11.3 Å². The normalized spacial score (nSPS) is 13.7. The number of nitrogens with one attached hydrogen (secondary N) is 2. The zero-order chi connectivity index (χ0) is 21.3. The number of aromatic nitrogens is 1. The molecule has 0 spiro atoms. The van der Waals surface area contributed by atoms with Gasteiger partial charge in [0.05, 0.1) is 5.69 Å². The molecule has 7 nitrogen and oxygen atoms in total. The molecule has 2 N–H and O–H groups in total. The van der Waals surface area contributed by atoms with E-state index in [9.17, 15) is 14.4 Å². The molecular formula is C20H12ClIN4O3S. The Labute approximate surface area is 193 Å². The van der Waals surface area contributed by atoms with Crippen LogP contribution >= 0.6 is 45.5 Å². The monoisotopic (exact) mass is 550 g/mol. The van der Waals surface area contributed by atoms with Crippen LogP contribution in [-0.4, -0.2) is 22.7 Å². The predicted octanol–water partition coefficient (Wildman–Crippen LogP) is 4.44. The molecule has 2 heterocycles. The molecule has 0 saturated heterocycles. The number of nitrogens with zero attached hydrogens (tertiary/aromatic N) is 2. The molecule has 1 aromatic heterocycles. The molecule has 0 bridgehead atoms. The summed E-state index contributed by atoms with van der Waals surface area (Å²) in [6.45, 7) is 0. The van der Waals surface area contributed by atoms with Crippen molar-refractivity contribution in [3.8, 4) is 0 Å². The molecular weight excluding hydrogens is 539 g/mol. The number of halogens is 2. The van der Waals surface area contributed by atoms with Crippen LogP contribution in [-0.2, 0) is 9.59 Å². The largest absolute Gasteiger partial charge is 0.350 e. The van der Waals surface area contributed by atoms with Crippen LogP contribution in [0, 0.1) is 3.57 Å². The fourth-order valence-electron chi connectivity index (χ4n) is 2.77. The highest BCUT2D eigenvalue weighted by molar-refractivity contribution is 14.1. The summed E-state index contributed by atoms with van der Waals surface area (Å²) in [5.41, 5.74) is 1.19. The second-order valence-corrected chi connectivity index (χ2v) is 8.63. The number of benzene rings is 2. The topological polar surface area (TPSA) is 91.4 Å². The van der Waals surface area contributed by atoms with Crippen molar-refractivity contribution in [2.75, 3.05) is 15.5 Å². The molecule has 1 aliphatic heterocycles. The third-order valence-corrected chi connectivity index (χ3v) is 5.92. The first-order valence-corrected chi connectivity index (χ1v) is 10.9. The minimum absolute atomic E-state index is 0.0438. The van der Waals surface area contributed by atoms with Crippen LogP contribution in [0.25, 0.3) is 0 Å². The van der Waals surface area contributed by atoms with Gasteiger partial charge in [-0.2, -0.15) is 0 Å². The summed E-state index contributed by atoms with van der Waals surface area (Å²) >= 11 is 9.60. The van der Waals surface area contributed by atoms with Crippen molar-refractivity contribution in [2.45, 2.75) is 0 Å². The van der Waals surface area contributed by atoms with Crippen LogP contribution in [0.4, 0.5) is 16.5 Å². The lowest BCUT2D eigenvalue weighted by Gasteiger charge is -2.15. The van der Waals surface area contributed by atoms with Crippen molar-refractivity contribution in [1.82, 2.24) is 4.98 Å². The zero-order valence-corrected chi connectivity index (χ0v) is 18.8. The molecule has 0 unspecified atom stereocenters. The predicted molar refractivity (Wildman–Crippen MR) is 125 cm³/mol. The Morgan fingerprint density at radius 1 is 1.10 bits per heavy atom. The van der Waals surface area contributed by atoms with Crippen LogP contribution < -0.4 is 15.5 Å². The minimum Gasteiger partial charge on any atom is -0.350 e. The van der Waals surface area contributed by atoms with E-state index in [1.54, 1.807) is 60.1 Å². The quantitative estimate of drug-likeness (QED) is 0.362. The van der Waals surface area contributed by atoms with Crippen molar-refractivity contribution in [1.29, 1.82) is 0 Å². The molecule has 4 rings (SSSR count). The fraction of sp³-hybridized carbons (Fsp3) is 0. The highest BCUT2D eigenvalue weighted by atomic mass is 127. The lowest BCUT2D eigenvalue weighted by molar-refractivity contribution is -0.120. The fourth-order valence-corrected chi connectivity index (χ4v) is 3.87. The summed E-state index contributed by atoms with van der Waals surface area (Å²) < 4.78 is 0.973. The van der Waals surface area contributed by atoms with E-state index < -0.39 is 11.8 Å². The molecule has 10 heteroatoms. The number of hydrogen-bond donors (Lipinski definition) is 2. The van der Waals surface area contributed by atoms with Crippen molar-refractivity contribution < 1.29 is 14.4 Å². The number of anilines is 3. The highest BCUT2D eigenvalue weighted by Gasteiger charge is 2.38. The van der Waals surface area contributed by atoms with Crippen LogP contribution in [0.3, 0.4) is 0 Å². The van der Waals surface area contributed by atoms with Crippen molar-refractivity contribution >= 4 is 79.8 Å². The SMILES string of the molecule is O=C(Nc1nccs1)c1cccc(NC2=C(Cl)C(=O)N(c3ccc(I)cc3)C2=O)c1. The third-order valence-electron chi connectivity index (χ3n) is 4.16. The maximum absolute atomic E-state index is 12.9. The van der Waals surface area contributed by atoms with Crippen LogP contribution in [0.15, 0.2) is 70.8 Å². The standard InChI is InChI=1S/C20H12ClIN4O3S/c21-15-16(19(29)26(18(15)28)14-6-4-12(22)5-7-14)24-13-3-1-2-11(10-13)17(27)25-20-23-8-9-30-20/h1-10,24H,(H,23,25,27). The summed E-state index contributed by atoms with van der Waals surface area (Å²) in [5.74, 6) is -1.52. The van der Waals surface area contributed by atoms with E-state index in [0.717, 1.165) is 8.47 Å². The molecule has 30 heavy (non-hydrogen) atoms. The Morgan fingerprint density at radius 3 is 2.57 bits per heavy atom. The van der Waals surface area contributed by atoms with Crippen LogP contribution in [0.5, 0.6) is 0 Å². The van der Waals surface area contributed by atoms with Crippen molar-refractivity contribution in [3.05, 3.63) is 80.0 Å². The number of amides is 3. The van der Waals surface area contributed by atoms with Gasteiger partial charge in [0, 0.05) is 26.4 Å². The molecule has 0 aliphatic carbocycles. The van der Waals surface area contributed by atoms with E-state index in [4.69, 9.17) is 11.6 Å². The Morgan fingerprint density at radius 2 is 1.87 bits per heavy atom. The molecule has 0 fully saturated rings. The number of carbonyl (C=O) groups is 3. The van der Waals surface area contributed by atoms with Gasteiger partial charge in [0.25, 0.3) is 17.7 Å². The Bertz CT molecular complexity index is 1180. The molecule has 0 radical (unpaired) electrons. The van der Waals surface area contributed by atoms with E-state index in [1.807, 2.05) is 0 Å². The second-order valence-electron chi connectivity index (χ2n) is 6.11. The molecule has 0 saturated carbocycles. The zero-order valence-electron chi connectivity index (χ0n) is 15.1. The van der Waals surface area contributed by atoms with Gasteiger partial charge < -0.3 is 5.32 Å². The van der Waals surface area contributed by atoms with E-state index in [0.29, 0.717) is 22.1 Å². The number of thiazole rings is 1. The maximum Gasteiger partial charge on any atom is 0.283 e. The van der Waals surface area contributed by atoms with Gasteiger partial charge in [-0.1, -0.05) is 17.7 Å². The average Bonchev–Trinajstić information content (AvgIpc) is 3.32. The summed E-state index contributed by atoms with van der Waals surface area (Å²) in [5, 5.41) is 7.59. The van der Waals surface area contributed by atoms with Gasteiger partial charge >= 0.3 is 0 Å². The summed E-state index contributed by atoms with van der Waals surface area (Å²) in [6.07, 6.45) is 1.59. The first-order chi connectivity index (χ1) is 14.4. The van der Waals surface area contributed by atoms with Gasteiger partial charge in [0.15, 0.2) is 5.13 Å². The van der Waals surface area contributed by atoms with E-state index >= 15 is 0 Å². The average molecular weight is 551 g/mol. The highest BCUT2D eigenvalue weighted by Crippen LogP contribution is 2.30. The van der Waals surface area contributed by atoms with Crippen molar-refractivity contribution in [2.24, 2.45) is 0 Å². The number of imide groups is 1. The summed E-state index contributed by atoms with van der Waals surface area (Å²) in [7, 11) is 0. The van der Waals surface area contributed by atoms with E-state index in [2.05, 4.69) is 38.2 Å². The molecule has 150 valence electrons. The third kappa shape index (κ3) is 4.09. The van der Waals surface area contributed by atoms with Crippen LogP contribution in [0.2, 0.25) is 0 Å². The van der Waals surface area contributed by atoms with E-state index in [-0.39, 0.29) is 16.6 Å². The van der Waals surface area contributed by atoms with Gasteiger partial charge in [0.1, 0.15) is 10.7 Å². The second kappa shape index (κ2) is 8.54. The van der Waals surface area contributed by atoms with E-state index in [1.165, 1.54) is 11.3 Å². The number of hydrogen-bond acceptors (Lipinski definition) is 6. The molecule has 3 aromatic rings. The molecule has 3 amide bonds. The van der Waals surface area contributed by atoms with Gasteiger partial charge in [0.2, 0.25) is 0 Å². The lowest BCUT2D eigenvalue weighted by Crippen LogP contribution is -2.32. The smallest absolute Gasteiger partial charge is 0.283 e. The van der Waals surface area contributed by atoms with Crippen LogP contribution in [0.1, 0.15) is 10.4 Å². The Hall–Kier alpha value is -2.76. The lowest BCUT2D eigenvalue weighted by atomic mass is 10.2. The first kappa shape index (κ1) is 20.5. The van der Waals surface area contributed by atoms with Crippen molar-refractivity contribution in [3.63, 3.8) is 0 Å².